The lowest BCUT2D eigenvalue weighted by Crippen LogP contribution is -2.42. The van der Waals surface area contributed by atoms with Gasteiger partial charge in [0.25, 0.3) is 11.7 Å². The molecule has 8 heteroatoms. The van der Waals surface area contributed by atoms with Gasteiger partial charge in [0.1, 0.15) is 18.2 Å². The largest absolute Gasteiger partial charge is 0.493 e. The molecule has 1 fully saturated rings. The van der Waals surface area contributed by atoms with Gasteiger partial charge in [0.05, 0.1) is 25.5 Å². The van der Waals surface area contributed by atoms with Crippen molar-refractivity contribution in [1.82, 2.24) is 24.5 Å². The molecule has 138 valence electrons. The Bertz CT molecular complexity index is 1030. The van der Waals surface area contributed by atoms with Gasteiger partial charge in [-0.05, 0) is 36.8 Å². The third-order valence-electron chi connectivity index (χ3n) is 5.03. The second-order valence-corrected chi connectivity index (χ2v) is 6.83. The molecule has 1 unspecified atom stereocenters. The average molecular weight is 365 g/mol. The van der Waals surface area contributed by atoms with Crippen LogP contribution in [-0.2, 0) is 11.2 Å². The van der Waals surface area contributed by atoms with Crippen LogP contribution in [0.3, 0.4) is 0 Å². The smallest absolute Gasteiger partial charge is 0.254 e. The van der Waals surface area contributed by atoms with Crippen LogP contribution in [0, 0.1) is 6.92 Å². The van der Waals surface area contributed by atoms with E-state index in [0.29, 0.717) is 37.6 Å². The maximum atomic E-state index is 13.0. The highest BCUT2D eigenvalue weighted by molar-refractivity contribution is 5.94. The van der Waals surface area contributed by atoms with Crippen LogP contribution in [0.25, 0.3) is 5.78 Å². The van der Waals surface area contributed by atoms with Crippen molar-refractivity contribution in [3.8, 4) is 5.75 Å². The van der Waals surface area contributed by atoms with Crippen LogP contribution in [0.4, 0.5) is 0 Å². The molecule has 2 aliphatic rings. The van der Waals surface area contributed by atoms with E-state index in [1.165, 1.54) is 6.33 Å². The monoisotopic (exact) mass is 365 g/mol. The third kappa shape index (κ3) is 2.82. The number of aryl methyl sites for hydroxylation is 1. The highest BCUT2D eigenvalue weighted by atomic mass is 16.5. The Morgan fingerprint density at radius 2 is 2.19 bits per heavy atom. The van der Waals surface area contributed by atoms with Gasteiger partial charge in [-0.25, -0.2) is 4.98 Å². The Labute approximate surface area is 155 Å². The van der Waals surface area contributed by atoms with E-state index >= 15 is 0 Å². The molecule has 1 aromatic carbocycles. The molecule has 2 aliphatic heterocycles. The van der Waals surface area contributed by atoms with Crippen LogP contribution >= 0.6 is 0 Å². The van der Waals surface area contributed by atoms with E-state index in [2.05, 4.69) is 15.1 Å². The lowest BCUT2D eigenvalue weighted by molar-refractivity contribution is -0.0257. The lowest BCUT2D eigenvalue weighted by atomic mass is 10.1. The number of morpholine rings is 1. The average Bonchev–Trinajstić information content (AvgIpc) is 3.35. The SMILES string of the molecule is Cc1cc(C2CN(C(=O)c3ccc4c(c3)CCO4)CCO2)n2ncnc2n1. The summed E-state index contributed by atoms with van der Waals surface area (Å²) in [6, 6.07) is 7.61. The van der Waals surface area contributed by atoms with Crippen molar-refractivity contribution in [2.24, 2.45) is 0 Å². The molecule has 1 amide bonds. The molecule has 2 aromatic heterocycles. The summed E-state index contributed by atoms with van der Waals surface area (Å²) in [6.45, 7) is 4.10. The highest BCUT2D eigenvalue weighted by Gasteiger charge is 2.29. The number of carbonyl (C=O) groups excluding carboxylic acids is 1. The van der Waals surface area contributed by atoms with Crippen molar-refractivity contribution in [2.45, 2.75) is 19.4 Å². The van der Waals surface area contributed by atoms with Crippen LogP contribution in [0.1, 0.15) is 33.4 Å². The Hall–Kier alpha value is -3.00. The quantitative estimate of drug-likeness (QED) is 0.686. The number of carbonyl (C=O) groups is 1. The number of nitrogens with zero attached hydrogens (tertiary/aromatic N) is 5. The zero-order valence-corrected chi connectivity index (χ0v) is 15.0. The fourth-order valence-electron chi connectivity index (χ4n) is 3.70. The standard InChI is InChI=1S/C19H19N5O3/c1-12-8-15(24-19(22-12)20-11-21-24)17-10-23(5-7-27-17)18(25)14-2-3-16-13(9-14)4-6-26-16/h2-3,8-9,11,17H,4-7,10H2,1H3. The van der Waals surface area contributed by atoms with Gasteiger partial charge >= 0.3 is 0 Å². The summed E-state index contributed by atoms with van der Waals surface area (Å²) in [7, 11) is 0. The van der Waals surface area contributed by atoms with Crippen molar-refractivity contribution in [3.63, 3.8) is 0 Å². The number of benzene rings is 1. The topological polar surface area (TPSA) is 81.9 Å². The van der Waals surface area contributed by atoms with Crippen LogP contribution in [0.15, 0.2) is 30.6 Å². The molecule has 5 rings (SSSR count). The molecule has 8 nitrogen and oxygen atoms in total. The van der Waals surface area contributed by atoms with Crippen molar-refractivity contribution >= 4 is 11.7 Å². The van der Waals surface area contributed by atoms with Gasteiger partial charge in [-0.2, -0.15) is 14.6 Å². The van der Waals surface area contributed by atoms with Crippen molar-refractivity contribution in [3.05, 3.63) is 53.1 Å². The molecule has 27 heavy (non-hydrogen) atoms. The Morgan fingerprint density at radius 3 is 3.11 bits per heavy atom. The molecule has 3 aromatic rings. The minimum atomic E-state index is -0.272. The third-order valence-corrected chi connectivity index (χ3v) is 5.03. The van der Waals surface area contributed by atoms with Crippen LogP contribution in [0.5, 0.6) is 5.75 Å². The first-order valence-corrected chi connectivity index (χ1v) is 9.03. The van der Waals surface area contributed by atoms with E-state index in [0.717, 1.165) is 29.1 Å². The zero-order valence-electron chi connectivity index (χ0n) is 15.0. The van der Waals surface area contributed by atoms with Crippen molar-refractivity contribution in [2.75, 3.05) is 26.3 Å². The molecule has 1 atom stereocenters. The summed E-state index contributed by atoms with van der Waals surface area (Å²) >= 11 is 0. The zero-order chi connectivity index (χ0) is 18.4. The maximum Gasteiger partial charge on any atom is 0.254 e. The first-order chi connectivity index (χ1) is 13.2. The van der Waals surface area contributed by atoms with Gasteiger partial charge < -0.3 is 14.4 Å². The minimum absolute atomic E-state index is 0.0126. The van der Waals surface area contributed by atoms with Crippen LogP contribution < -0.4 is 4.74 Å². The van der Waals surface area contributed by atoms with E-state index in [1.54, 1.807) is 4.52 Å². The highest BCUT2D eigenvalue weighted by Crippen LogP contribution is 2.28. The van der Waals surface area contributed by atoms with E-state index in [1.807, 2.05) is 36.1 Å². The predicted octanol–water partition coefficient (Wildman–Crippen LogP) is 1.58. The summed E-state index contributed by atoms with van der Waals surface area (Å²) in [6.07, 6.45) is 2.05. The maximum absolute atomic E-state index is 13.0. The fourth-order valence-corrected chi connectivity index (χ4v) is 3.70. The van der Waals surface area contributed by atoms with Gasteiger partial charge in [-0.3, -0.25) is 4.79 Å². The van der Waals surface area contributed by atoms with Crippen LogP contribution in [0.2, 0.25) is 0 Å². The number of fused-ring (bicyclic) bond motifs is 2. The van der Waals surface area contributed by atoms with Gasteiger partial charge in [-0.15, -0.1) is 0 Å². The number of rotatable bonds is 2. The van der Waals surface area contributed by atoms with Crippen molar-refractivity contribution in [1.29, 1.82) is 0 Å². The molecule has 4 heterocycles. The van der Waals surface area contributed by atoms with Gasteiger partial charge in [0, 0.05) is 24.2 Å². The van der Waals surface area contributed by atoms with E-state index < -0.39 is 0 Å². The number of amides is 1. The number of hydrogen-bond donors (Lipinski definition) is 0. The second kappa shape index (κ2) is 6.31. The molecule has 0 radical (unpaired) electrons. The molecular formula is C19H19N5O3. The Morgan fingerprint density at radius 1 is 1.26 bits per heavy atom. The predicted molar refractivity (Wildman–Crippen MR) is 95.8 cm³/mol. The van der Waals surface area contributed by atoms with E-state index in [9.17, 15) is 4.79 Å². The van der Waals surface area contributed by atoms with E-state index in [-0.39, 0.29) is 12.0 Å². The minimum Gasteiger partial charge on any atom is -0.493 e. The second-order valence-electron chi connectivity index (χ2n) is 6.83. The number of hydrogen-bond acceptors (Lipinski definition) is 6. The molecule has 0 saturated carbocycles. The summed E-state index contributed by atoms with van der Waals surface area (Å²) in [5, 5.41) is 4.25. The first kappa shape index (κ1) is 16.2. The molecular weight excluding hydrogens is 346 g/mol. The summed E-state index contributed by atoms with van der Waals surface area (Å²) in [5.74, 6) is 1.43. The molecule has 0 spiro atoms. The summed E-state index contributed by atoms with van der Waals surface area (Å²) in [4.78, 5) is 23.4. The molecule has 1 saturated heterocycles. The Kier molecular flexibility index (Phi) is 3.78. The molecule has 0 N–H and O–H groups in total. The van der Waals surface area contributed by atoms with Gasteiger partial charge in [0.15, 0.2) is 0 Å². The lowest BCUT2D eigenvalue weighted by Gasteiger charge is -2.33. The summed E-state index contributed by atoms with van der Waals surface area (Å²) < 4.78 is 13.2. The Balaban J connectivity index is 1.42. The van der Waals surface area contributed by atoms with Crippen molar-refractivity contribution < 1.29 is 14.3 Å². The number of aromatic nitrogens is 4. The van der Waals surface area contributed by atoms with Gasteiger partial charge in [-0.1, -0.05) is 0 Å². The van der Waals surface area contributed by atoms with Gasteiger partial charge in [0.2, 0.25) is 0 Å². The fraction of sp³-hybridized carbons (Fsp3) is 0.368. The van der Waals surface area contributed by atoms with E-state index in [4.69, 9.17) is 9.47 Å². The normalized spacial score (nSPS) is 19.1. The summed E-state index contributed by atoms with van der Waals surface area (Å²) in [5.41, 5.74) is 3.49. The molecule has 0 bridgehead atoms. The van der Waals surface area contributed by atoms with Crippen LogP contribution in [-0.4, -0.2) is 56.7 Å². The molecule has 0 aliphatic carbocycles. The number of ether oxygens (including phenoxy) is 2. The first-order valence-electron chi connectivity index (χ1n) is 9.03.